The molecule has 3 atom stereocenters. The molecule has 0 aliphatic heterocycles. The molecular weight excluding hydrogens is 799 g/mol. The molecule has 62 heavy (non-hydrogen) atoms. The molecule has 0 aromatic carbocycles. The number of hydrogen-bond acceptors (Lipinski definition) is 13. The van der Waals surface area contributed by atoms with Gasteiger partial charge in [0.1, 0.15) is 50.4 Å². The molecule has 0 radical (unpaired) electrons. The highest BCUT2D eigenvalue weighted by Crippen LogP contribution is 2.32. The van der Waals surface area contributed by atoms with Crippen LogP contribution in [0.2, 0.25) is 0 Å². The van der Waals surface area contributed by atoms with Crippen molar-refractivity contribution >= 4 is 47.1 Å². The minimum atomic E-state index is -1.22. The van der Waals surface area contributed by atoms with Crippen LogP contribution in [0.25, 0.3) is 0 Å². The van der Waals surface area contributed by atoms with Gasteiger partial charge < -0.3 is 29.0 Å². The molecule has 356 valence electrons. The van der Waals surface area contributed by atoms with E-state index < -0.39 is 62.5 Å². The fourth-order valence-corrected chi connectivity index (χ4v) is 5.07. The number of carbonyl (C=O) groups is 8. The first-order chi connectivity index (χ1) is 27.8. The van der Waals surface area contributed by atoms with Crippen LogP contribution in [0.5, 0.6) is 0 Å². The van der Waals surface area contributed by atoms with E-state index in [1.807, 2.05) is 13.8 Å². The third kappa shape index (κ3) is 25.3. The molecule has 0 heterocycles. The second-order valence-corrected chi connectivity index (χ2v) is 19.8. The second kappa shape index (κ2) is 26.1. The van der Waals surface area contributed by atoms with Crippen LogP contribution in [0, 0.1) is 16.2 Å². The lowest BCUT2D eigenvalue weighted by atomic mass is 9.79. The summed E-state index contributed by atoms with van der Waals surface area (Å²) in [5.74, 6) is -2.88. The SMILES string of the molecule is C=C(C)C(=O)OCCCC(C)(C(C)=O)C(=O)OC(C)(C)C.C=CC(=O)NC(C)(C)CCCC(C)(C(C)=O)C(=O)OC(C)(C)C.C=COCCCC(C)(C(C)=O)C(=O)OC(C)(C)C. The van der Waals surface area contributed by atoms with Crippen molar-refractivity contribution in [2.45, 2.75) is 192 Å². The van der Waals surface area contributed by atoms with Crippen molar-refractivity contribution in [1.29, 1.82) is 0 Å². The molecule has 0 fully saturated rings. The molecule has 0 spiro atoms. The van der Waals surface area contributed by atoms with Gasteiger partial charge in [-0.2, -0.15) is 0 Å². The van der Waals surface area contributed by atoms with Crippen LogP contribution in [0.15, 0.2) is 37.6 Å². The van der Waals surface area contributed by atoms with Crippen molar-refractivity contribution in [2.75, 3.05) is 13.2 Å². The van der Waals surface area contributed by atoms with Gasteiger partial charge in [0.2, 0.25) is 5.91 Å². The molecule has 3 unspecified atom stereocenters. The van der Waals surface area contributed by atoms with Gasteiger partial charge >= 0.3 is 23.9 Å². The van der Waals surface area contributed by atoms with Crippen molar-refractivity contribution in [1.82, 2.24) is 5.32 Å². The van der Waals surface area contributed by atoms with E-state index in [0.29, 0.717) is 50.7 Å². The molecule has 0 rings (SSSR count). The number of hydrogen-bond donors (Lipinski definition) is 1. The lowest BCUT2D eigenvalue weighted by molar-refractivity contribution is -0.171. The summed E-state index contributed by atoms with van der Waals surface area (Å²) in [5, 5.41) is 2.83. The van der Waals surface area contributed by atoms with Gasteiger partial charge in [-0.15, -0.1) is 0 Å². The summed E-state index contributed by atoms with van der Waals surface area (Å²) in [5.41, 5.74) is -5.48. The minimum absolute atomic E-state index is 0.136. The van der Waals surface area contributed by atoms with Gasteiger partial charge in [0.15, 0.2) is 0 Å². The molecule has 0 saturated heterocycles. The van der Waals surface area contributed by atoms with Crippen molar-refractivity contribution in [3.8, 4) is 0 Å². The highest BCUT2D eigenvalue weighted by atomic mass is 16.6. The Balaban J connectivity index is -0.000000849. The van der Waals surface area contributed by atoms with Gasteiger partial charge in [-0.25, -0.2) is 4.79 Å². The third-order valence-corrected chi connectivity index (χ3v) is 9.46. The molecular formula is C48H81NO13. The van der Waals surface area contributed by atoms with E-state index in [1.54, 1.807) is 90.0 Å². The Morgan fingerprint density at radius 3 is 1.10 bits per heavy atom. The standard InChI is InChI=1S/C18H31NO4.C16H26O5.C14H24O4/c1-9-14(21)19-17(6,7)11-10-12-18(8,13(2)20)15(22)23-16(3,4)5;1-11(2)13(18)20-10-8-9-16(7,12(3)17)14(19)21-15(4,5)6;1-7-17-10-8-9-14(6,11(2)15)12(16)18-13(3,4)5/h9H,1,10-12H2,2-8H3,(H,19,21);1,8-10H2,2-7H3;7H,1,8-10H2,2-6H3. The summed E-state index contributed by atoms with van der Waals surface area (Å²) < 4.78 is 25.9. The number of amides is 1. The fraction of sp³-hybridized carbons (Fsp3) is 0.708. The maximum Gasteiger partial charge on any atom is 0.333 e. The summed E-state index contributed by atoms with van der Waals surface area (Å²) in [7, 11) is 0. The van der Waals surface area contributed by atoms with Crippen LogP contribution < -0.4 is 5.32 Å². The van der Waals surface area contributed by atoms with Gasteiger partial charge in [-0.1, -0.05) is 19.7 Å². The Kier molecular flexibility index (Phi) is 26.0. The van der Waals surface area contributed by atoms with Crippen LogP contribution in [-0.4, -0.2) is 82.7 Å². The van der Waals surface area contributed by atoms with Gasteiger partial charge in [-0.05, 0) is 176 Å². The van der Waals surface area contributed by atoms with E-state index in [-0.39, 0.29) is 36.3 Å². The largest absolute Gasteiger partial charge is 0.502 e. The summed E-state index contributed by atoms with van der Waals surface area (Å²) in [6.45, 7) is 41.2. The highest BCUT2D eigenvalue weighted by Gasteiger charge is 2.43. The average molecular weight is 880 g/mol. The van der Waals surface area contributed by atoms with E-state index in [0.717, 1.165) is 0 Å². The lowest BCUT2D eigenvalue weighted by Crippen LogP contribution is -2.44. The molecule has 1 N–H and O–H groups in total. The Morgan fingerprint density at radius 2 is 0.823 bits per heavy atom. The minimum Gasteiger partial charge on any atom is -0.502 e. The van der Waals surface area contributed by atoms with Crippen molar-refractivity contribution in [3.05, 3.63) is 37.6 Å². The Labute approximate surface area is 372 Å². The maximum atomic E-state index is 12.4. The van der Waals surface area contributed by atoms with Crippen LogP contribution in [-0.2, 0) is 62.0 Å². The van der Waals surface area contributed by atoms with E-state index in [1.165, 1.54) is 33.1 Å². The zero-order valence-corrected chi connectivity index (χ0v) is 41.4. The predicted octanol–water partition coefficient (Wildman–Crippen LogP) is 8.86. The molecule has 0 saturated carbocycles. The lowest BCUT2D eigenvalue weighted by Gasteiger charge is -2.31. The van der Waals surface area contributed by atoms with E-state index in [4.69, 9.17) is 23.7 Å². The van der Waals surface area contributed by atoms with Gasteiger partial charge in [0, 0.05) is 11.1 Å². The summed E-state index contributed by atoms with van der Waals surface area (Å²) in [6.07, 6.45) is 5.87. The quantitative estimate of drug-likeness (QED) is 0.0271. The van der Waals surface area contributed by atoms with Crippen LogP contribution >= 0.6 is 0 Å². The second-order valence-electron chi connectivity index (χ2n) is 19.8. The zero-order chi connectivity index (χ0) is 49.7. The third-order valence-electron chi connectivity index (χ3n) is 9.46. The summed E-state index contributed by atoms with van der Waals surface area (Å²) in [6, 6.07) is 0. The topological polar surface area (TPSA) is 195 Å². The maximum absolute atomic E-state index is 12.4. The first-order valence-corrected chi connectivity index (χ1v) is 21.0. The number of ketones is 3. The first kappa shape index (κ1) is 61.7. The van der Waals surface area contributed by atoms with Gasteiger partial charge in [0.25, 0.3) is 0 Å². The molecule has 0 bridgehead atoms. The van der Waals surface area contributed by atoms with Crippen LogP contribution in [0.4, 0.5) is 0 Å². The average Bonchev–Trinajstić information content (AvgIpc) is 3.09. The fourth-order valence-electron chi connectivity index (χ4n) is 5.07. The molecule has 14 nitrogen and oxygen atoms in total. The summed E-state index contributed by atoms with van der Waals surface area (Å²) >= 11 is 0. The van der Waals surface area contributed by atoms with E-state index in [2.05, 4.69) is 25.1 Å². The molecule has 0 aliphatic carbocycles. The molecule has 1 amide bonds. The van der Waals surface area contributed by atoms with Gasteiger partial charge in [0.05, 0.1) is 19.5 Å². The number of esters is 4. The Bertz CT molecular complexity index is 1590. The smallest absolute Gasteiger partial charge is 0.333 e. The molecule has 0 aromatic rings. The van der Waals surface area contributed by atoms with Crippen LogP contribution in [0.1, 0.15) is 170 Å². The Morgan fingerprint density at radius 1 is 0.500 bits per heavy atom. The number of Topliss-reactive ketones (excluding diaryl/α,β-unsaturated/α-hetero) is 3. The zero-order valence-electron chi connectivity index (χ0n) is 41.4. The first-order valence-electron chi connectivity index (χ1n) is 21.0. The number of ether oxygens (including phenoxy) is 5. The number of carbonyl (C=O) groups excluding carboxylic acids is 8. The predicted molar refractivity (Wildman–Crippen MR) is 241 cm³/mol. The molecule has 0 aromatic heterocycles. The molecule has 14 heteroatoms. The molecule has 0 aliphatic rings. The van der Waals surface area contributed by atoms with Crippen molar-refractivity contribution in [3.63, 3.8) is 0 Å². The number of nitrogens with one attached hydrogen (secondary N) is 1. The highest BCUT2D eigenvalue weighted by molar-refractivity contribution is 6.03. The Hall–Kier alpha value is -4.62. The number of rotatable bonds is 22. The van der Waals surface area contributed by atoms with Crippen molar-refractivity contribution < 1.29 is 62.0 Å². The normalized spacial score (nSPS) is 14.4. The van der Waals surface area contributed by atoms with Gasteiger partial charge in [-0.3, -0.25) is 33.6 Å². The monoisotopic (exact) mass is 880 g/mol. The summed E-state index contributed by atoms with van der Waals surface area (Å²) in [4.78, 5) is 94.8. The van der Waals surface area contributed by atoms with Crippen molar-refractivity contribution in [2.24, 2.45) is 16.2 Å². The van der Waals surface area contributed by atoms with E-state index >= 15 is 0 Å². The van der Waals surface area contributed by atoms with Crippen LogP contribution in [0.3, 0.4) is 0 Å². The van der Waals surface area contributed by atoms with E-state index in [9.17, 15) is 38.4 Å².